The van der Waals surface area contributed by atoms with Gasteiger partial charge in [0.15, 0.2) is 0 Å². The highest BCUT2D eigenvalue weighted by Gasteiger charge is 2.25. The molecule has 1 amide bonds. The fourth-order valence-corrected chi connectivity index (χ4v) is 4.53. The Labute approximate surface area is 152 Å². The number of carbonyl (C=O) groups excluding carboxylic acids is 1. The summed E-state index contributed by atoms with van der Waals surface area (Å²) in [6.45, 7) is 1.06. The third-order valence-electron chi connectivity index (χ3n) is 4.70. The quantitative estimate of drug-likeness (QED) is 0.788. The number of nitrogens with zero attached hydrogens (tertiary/aromatic N) is 2. The van der Waals surface area contributed by atoms with Crippen LogP contribution in [0.5, 0.6) is 0 Å². The Morgan fingerprint density at radius 3 is 2.79 bits per heavy atom. The first kappa shape index (κ1) is 17.5. The molecule has 1 atom stereocenters. The molecule has 1 aromatic carbocycles. The maximum Gasteiger partial charge on any atom is 0.236 e. The van der Waals surface area contributed by atoms with Crippen molar-refractivity contribution >= 4 is 28.8 Å². The van der Waals surface area contributed by atoms with Gasteiger partial charge in [0, 0.05) is 18.0 Å². The van der Waals surface area contributed by atoms with Crippen LogP contribution in [0.15, 0.2) is 36.4 Å². The van der Waals surface area contributed by atoms with Gasteiger partial charge in [0.1, 0.15) is 0 Å². The molecule has 0 fully saturated rings. The molecule has 2 aromatic rings. The zero-order chi connectivity index (χ0) is 17.1. The molecule has 1 aliphatic carbocycles. The van der Waals surface area contributed by atoms with E-state index >= 15 is 0 Å². The van der Waals surface area contributed by atoms with Crippen molar-refractivity contribution in [2.24, 2.45) is 0 Å². The van der Waals surface area contributed by atoms with Gasteiger partial charge in [0.25, 0.3) is 0 Å². The lowest BCUT2D eigenvalue weighted by molar-refractivity contribution is -0.131. The largest absolute Gasteiger partial charge is 0.340 e. The van der Waals surface area contributed by atoms with E-state index < -0.39 is 0 Å². The number of likely N-dealkylation sites (N-methyl/N-ethyl adjacent to an activating group) is 2. The molecular weight excluding hydrogens is 340 g/mol. The third kappa shape index (κ3) is 4.00. The van der Waals surface area contributed by atoms with Crippen LogP contribution in [0.4, 0.5) is 0 Å². The summed E-state index contributed by atoms with van der Waals surface area (Å²) in [6, 6.07) is 12.8. The van der Waals surface area contributed by atoms with Crippen molar-refractivity contribution in [3.63, 3.8) is 0 Å². The van der Waals surface area contributed by atoms with Crippen LogP contribution in [0.2, 0.25) is 4.34 Å². The van der Waals surface area contributed by atoms with Crippen molar-refractivity contribution in [1.29, 1.82) is 0 Å². The Morgan fingerprint density at radius 1 is 1.25 bits per heavy atom. The maximum absolute atomic E-state index is 12.6. The molecule has 0 saturated carbocycles. The summed E-state index contributed by atoms with van der Waals surface area (Å²) in [7, 11) is 3.92. The van der Waals surface area contributed by atoms with Gasteiger partial charge in [-0.2, -0.15) is 0 Å². The van der Waals surface area contributed by atoms with Gasteiger partial charge < -0.3 is 4.90 Å². The number of hydrogen-bond donors (Lipinski definition) is 0. The zero-order valence-corrected chi connectivity index (χ0v) is 15.7. The van der Waals surface area contributed by atoms with E-state index in [0.29, 0.717) is 19.1 Å². The Kier molecular flexibility index (Phi) is 5.59. The van der Waals surface area contributed by atoms with Crippen LogP contribution in [0.3, 0.4) is 0 Å². The van der Waals surface area contributed by atoms with E-state index in [1.165, 1.54) is 28.9 Å². The van der Waals surface area contributed by atoms with E-state index in [2.05, 4.69) is 36.2 Å². The minimum absolute atomic E-state index is 0.144. The summed E-state index contributed by atoms with van der Waals surface area (Å²) >= 11 is 7.49. The predicted octanol–water partition coefficient (Wildman–Crippen LogP) is 4.37. The van der Waals surface area contributed by atoms with Gasteiger partial charge in [-0.3, -0.25) is 9.69 Å². The van der Waals surface area contributed by atoms with Crippen molar-refractivity contribution in [1.82, 2.24) is 9.80 Å². The number of benzene rings is 1. The molecule has 3 nitrogen and oxygen atoms in total. The number of hydrogen-bond acceptors (Lipinski definition) is 3. The normalized spacial score (nSPS) is 16.9. The molecule has 5 heteroatoms. The molecule has 0 spiro atoms. The lowest BCUT2D eigenvalue weighted by atomic mass is 9.87. The minimum Gasteiger partial charge on any atom is -0.340 e. The first-order chi connectivity index (χ1) is 11.5. The van der Waals surface area contributed by atoms with Crippen LogP contribution >= 0.6 is 22.9 Å². The Morgan fingerprint density at radius 2 is 2.04 bits per heavy atom. The lowest BCUT2D eigenvalue weighted by Crippen LogP contribution is -2.38. The number of halogens is 1. The van der Waals surface area contributed by atoms with Crippen molar-refractivity contribution in [3.05, 3.63) is 56.7 Å². The van der Waals surface area contributed by atoms with Crippen LogP contribution < -0.4 is 0 Å². The number of carbonyl (C=O) groups is 1. The summed E-state index contributed by atoms with van der Waals surface area (Å²) in [6.07, 6.45) is 3.45. The third-order valence-corrected chi connectivity index (χ3v) is 5.92. The van der Waals surface area contributed by atoms with E-state index in [9.17, 15) is 4.79 Å². The molecule has 24 heavy (non-hydrogen) atoms. The number of amides is 1. The van der Waals surface area contributed by atoms with E-state index in [0.717, 1.165) is 22.1 Å². The summed E-state index contributed by atoms with van der Waals surface area (Å²) in [5, 5.41) is 0. The zero-order valence-electron chi connectivity index (χ0n) is 14.2. The summed E-state index contributed by atoms with van der Waals surface area (Å²) < 4.78 is 0.766. The highest BCUT2D eigenvalue weighted by Crippen LogP contribution is 2.33. The molecule has 128 valence electrons. The van der Waals surface area contributed by atoms with Gasteiger partial charge in [-0.05, 0) is 49.6 Å². The second kappa shape index (κ2) is 7.68. The molecule has 1 heterocycles. The molecule has 0 N–H and O–H groups in total. The average Bonchev–Trinajstić information content (AvgIpc) is 2.99. The highest BCUT2D eigenvalue weighted by molar-refractivity contribution is 7.16. The standard InChI is InChI=1S/C19H23ClN2OS/c1-21(17-9-5-7-14-6-3-4-8-16(14)17)13-19(23)22(2)12-15-10-11-18(20)24-15/h3-4,6,8,10-11,17H,5,7,9,12-13H2,1-2H3/t17-/m1/s1. The average molecular weight is 363 g/mol. The highest BCUT2D eigenvalue weighted by atomic mass is 35.5. The van der Waals surface area contributed by atoms with Crippen LogP contribution in [0.1, 0.15) is 34.9 Å². The molecule has 0 unspecified atom stereocenters. The van der Waals surface area contributed by atoms with E-state index in [-0.39, 0.29) is 5.91 Å². The smallest absolute Gasteiger partial charge is 0.236 e. The Hall–Kier alpha value is -1.36. The number of fused-ring (bicyclic) bond motifs is 1. The molecule has 1 aromatic heterocycles. The molecule has 0 aliphatic heterocycles. The van der Waals surface area contributed by atoms with Crippen molar-refractivity contribution in [3.8, 4) is 0 Å². The van der Waals surface area contributed by atoms with Gasteiger partial charge in [0.2, 0.25) is 5.91 Å². The second-order valence-electron chi connectivity index (χ2n) is 6.48. The first-order valence-corrected chi connectivity index (χ1v) is 9.50. The van der Waals surface area contributed by atoms with Crippen LogP contribution in [0.25, 0.3) is 0 Å². The molecule has 3 rings (SSSR count). The number of aryl methyl sites for hydroxylation is 1. The summed E-state index contributed by atoms with van der Waals surface area (Å²) in [5.41, 5.74) is 2.81. The van der Waals surface area contributed by atoms with E-state index in [1.54, 1.807) is 4.90 Å². The van der Waals surface area contributed by atoms with Crippen LogP contribution in [-0.2, 0) is 17.8 Å². The van der Waals surface area contributed by atoms with Gasteiger partial charge in [-0.15, -0.1) is 11.3 Å². The Balaban J connectivity index is 1.62. The van der Waals surface area contributed by atoms with Crippen molar-refractivity contribution < 1.29 is 4.79 Å². The number of rotatable bonds is 5. The van der Waals surface area contributed by atoms with Crippen LogP contribution in [-0.4, -0.2) is 36.3 Å². The van der Waals surface area contributed by atoms with E-state index in [4.69, 9.17) is 11.6 Å². The molecule has 0 bridgehead atoms. The first-order valence-electron chi connectivity index (χ1n) is 8.31. The molecular formula is C19H23ClN2OS. The topological polar surface area (TPSA) is 23.6 Å². The van der Waals surface area contributed by atoms with Gasteiger partial charge in [0.05, 0.1) is 17.4 Å². The monoisotopic (exact) mass is 362 g/mol. The number of thiophene rings is 1. The fourth-order valence-electron chi connectivity index (χ4n) is 3.39. The molecule has 0 radical (unpaired) electrons. The lowest BCUT2D eigenvalue weighted by Gasteiger charge is -2.33. The predicted molar refractivity (Wildman–Crippen MR) is 101 cm³/mol. The molecule has 1 aliphatic rings. The minimum atomic E-state index is 0.144. The fraction of sp³-hybridized carbons (Fsp3) is 0.421. The molecule has 0 saturated heterocycles. The summed E-state index contributed by atoms with van der Waals surface area (Å²) in [4.78, 5) is 17.7. The van der Waals surface area contributed by atoms with Crippen molar-refractivity contribution in [2.75, 3.05) is 20.6 Å². The van der Waals surface area contributed by atoms with E-state index in [1.807, 2.05) is 19.2 Å². The van der Waals surface area contributed by atoms with Crippen molar-refractivity contribution in [2.45, 2.75) is 31.8 Å². The summed E-state index contributed by atoms with van der Waals surface area (Å²) in [5.74, 6) is 0.144. The Bertz CT molecular complexity index is 715. The van der Waals surface area contributed by atoms with Gasteiger partial charge in [-0.1, -0.05) is 35.9 Å². The van der Waals surface area contributed by atoms with Crippen LogP contribution in [0, 0.1) is 0 Å². The van der Waals surface area contributed by atoms with Gasteiger partial charge in [-0.25, -0.2) is 0 Å². The SMILES string of the molecule is CN(Cc1ccc(Cl)s1)C(=O)CN(C)[C@@H]1CCCc2ccccc21. The maximum atomic E-state index is 12.6. The van der Waals surface area contributed by atoms with Gasteiger partial charge >= 0.3 is 0 Å². The second-order valence-corrected chi connectivity index (χ2v) is 8.28.